The molecule has 3 heterocycles. The summed E-state index contributed by atoms with van der Waals surface area (Å²) >= 11 is 0. The Morgan fingerprint density at radius 1 is 0.500 bits per heavy atom. The predicted octanol–water partition coefficient (Wildman–Crippen LogP) is 14.7. The molecule has 10 aromatic rings. The molecule has 0 saturated heterocycles. The molecule has 2 aliphatic rings. The van der Waals surface area contributed by atoms with Crippen LogP contribution in [0.4, 0.5) is 0 Å². The van der Waals surface area contributed by atoms with Crippen molar-refractivity contribution in [3.05, 3.63) is 223 Å². The third kappa shape index (κ3) is 5.87. The van der Waals surface area contributed by atoms with Crippen LogP contribution in [-0.4, -0.2) is 19.5 Å². The van der Waals surface area contributed by atoms with Crippen molar-refractivity contribution in [2.45, 2.75) is 12.8 Å². The molecule has 2 atom stereocenters. The third-order valence-corrected chi connectivity index (χ3v) is 12.8. The lowest BCUT2D eigenvalue weighted by molar-refractivity contribution is 0.619. The number of allylic oxidation sites excluding steroid dienone is 5. The van der Waals surface area contributed by atoms with E-state index in [9.17, 15) is 0 Å². The normalized spacial score (nSPS) is 15.5. The molecule has 7 aromatic carbocycles. The molecule has 0 bridgehead atoms. The first kappa shape index (κ1) is 35.9. The van der Waals surface area contributed by atoms with Crippen LogP contribution >= 0.6 is 0 Å². The number of aromatic nitrogens is 4. The Morgan fingerprint density at radius 3 is 1.87 bits per heavy atom. The summed E-state index contributed by atoms with van der Waals surface area (Å²) in [7, 11) is 0. The maximum atomic E-state index is 5.62. The summed E-state index contributed by atoms with van der Waals surface area (Å²) in [6.45, 7) is 2.37. The quantitative estimate of drug-likeness (QED) is 0.168. The monoisotopic (exact) mass is 792 g/mol. The number of nitrogens with zero attached hydrogens (tertiary/aromatic N) is 4. The highest BCUT2D eigenvalue weighted by atomic mass is 15.0. The van der Waals surface area contributed by atoms with E-state index in [0.29, 0.717) is 11.7 Å². The van der Waals surface area contributed by atoms with E-state index in [0.717, 1.165) is 67.2 Å². The summed E-state index contributed by atoms with van der Waals surface area (Å²) in [5.74, 6) is 1.29. The number of hydrogen-bond donors (Lipinski definition) is 0. The van der Waals surface area contributed by atoms with Crippen LogP contribution in [0.3, 0.4) is 0 Å². The van der Waals surface area contributed by atoms with Crippen molar-refractivity contribution in [2.75, 3.05) is 0 Å². The first-order valence-electron chi connectivity index (χ1n) is 21.4. The molecule has 0 spiro atoms. The van der Waals surface area contributed by atoms with Gasteiger partial charge in [-0.2, -0.15) is 0 Å². The SMILES string of the molecule is CC1c2c(nc(-c3ccc(-c4ccc(-c5cc(-c6ccccc6)nc(-c6ccccc6)n5)c5ccccc45)cc3)c3c2c2ccccc2n3-c2ccccc2)C=C2C=CC=CC21. The van der Waals surface area contributed by atoms with E-state index in [1.807, 2.05) is 24.3 Å². The number of hydrogen-bond acceptors (Lipinski definition) is 3. The van der Waals surface area contributed by atoms with Crippen molar-refractivity contribution in [2.24, 2.45) is 5.92 Å². The number of para-hydroxylation sites is 2. The molecule has 4 nitrogen and oxygen atoms in total. The second kappa shape index (κ2) is 14.6. The summed E-state index contributed by atoms with van der Waals surface area (Å²) in [5.41, 5.74) is 16.4. The number of benzene rings is 7. The van der Waals surface area contributed by atoms with E-state index >= 15 is 0 Å². The Balaban J connectivity index is 1.02. The molecule has 0 fully saturated rings. The van der Waals surface area contributed by atoms with E-state index in [4.69, 9.17) is 15.0 Å². The van der Waals surface area contributed by atoms with E-state index in [1.54, 1.807) is 0 Å². The minimum atomic E-state index is 0.265. The maximum Gasteiger partial charge on any atom is 0.160 e. The summed E-state index contributed by atoms with van der Waals surface area (Å²) in [6.07, 6.45) is 11.3. The van der Waals surface area contributed by atoms with Gasteiger partial charge in [-0.3, -0.25) is 0 Å². The molecule has 0 radical (unpaired) electrons. The average molecular weight is 793 g/mol. The van der Waals surface area contributed by atoms with E-state index < -0.39 is 0 Å². The molecule has 12 rings (SSSR count). The molecule has 2 aliphatic carbocycles. The summed E-state index contributed by atoms with van der Waals surface area (Å²) in [6, 6.07) is 64.5. The smallest absolute Gasteiger partial charge is 0.160 e. The van der Waals surface area contributed by atoms with Crippen molar-refractivity contribution in [1.82, 2.24) is 19.5 Å². The summed E-state index contributed by atoms with van der Waals surface area (Å²) < 4.78 is 2.43. The fourth-order valence-corrected chi connectivity index (χ4v) is 9.87. The van der Waals surface area contributed by atoms with Gasteiger partial charge in [-0.1, -0.05) is 189 Å². The lowest BCUT2D eigenvalue weighted by Crippen LogP contribution is -2.18. The third-order valence-electron chi connectivity index (χ3n) is 12.8. The average Bonchev–Trinajstić information content (AvgIpc) is 3.69. The Labute approximate surface area is 360 Å². The van der Waals surface area contributed by atoms with E-state index in [1.165, 1.54) is 38.4 Å². The van der Waals surface area contributed by atoms with Gasteiger partial charge in [0, 0.05) is 44.6 Å². The van der Waals surface area contributed by atoms with Crippen molar-refractivity contribution >= 4 is 38.7 Å². The highest BCUT2D eigenvalue weighted by Crippen LogP contribution is 2.49. The van der Waals surface area contributed by atoms with Gasteiger partial charge < -0.3 is 4.57 Å². The van der Waals surface area contributed by atoms with Gasteiger partial charge in [0.2, 0.25) is 0 Å². The lowest BCUT2D eigenvalue weighted by atomic mass is 9.74. The Bertz CT molecular complexity index is 3390. The van der Waals surface area contributed by atoms with Gasteiger partial charge in [-0.15, -0.1) is 0 Å². The highest BCUT2D eigenvalue weighted by molar-refractivity contribution is 6.16. The molecular formula is C58H40N4. The van der Waals surface area contributed by atoms with Crippen LogP contribution in [0.2, 0.25) is 0 Å². The summed E-state index contributed by atoms with van der Waals surface area (Å²) in [4.78, 5) is 15.9. The van der Waals surface area contributed by atoms with Gasteiger partial charge in [-0.05, 0) is 69.3 Å². The molecule has 0 N–H and O–H groups in total. The van der Waals surface area contributed by atoms with Gasteiger partial charge in [0.1, 0.15) is 0 Å². The molecule has 4 heteroatoms. The first-order chi connectivity index (χ1) is 30.7. The molecule has 292 valence electrons. The van der Waals surface area contributed by atoms with Crippen molar-refractivity contribution in [1.29, 1.82) is 0 Å². The van der Waals surface area contributed by atoms with Crippen molar-refractivity contribution in [3.63, 3.8) is 0 Å². The number of fused-ring (bicyclic) bond motifs is 7. The highest BCUT2D eigenvalue weighted by Gasteiger charge is 2.33. The maximum absolute atomic E-state index is 5.62. The standard InChI is InChI=1S/C58H40N4/c1-37-44-24-12-11-21-42(44)35-52-54(37)55-49-27-15-16-28-53(49)62(43-22-9-4-10-23-43)57(55)56(59-52)40-31-29-38(30-32-40)45-33-34-48(47-26-14-13-25-46(45)47)51-36-50(39-17-5-2-6-18-39)60-58(61-51)41-19-7-3-8-20-41/h2-37,44H,1H3. The zero-order valence-corrected chi connectivity index (χ0v) is 34.2. The molecule has 3 aromatic heterocycles. The van der Waals surface area contributed by atoms with E-state index in [-0.39, 0.29) is 5.92 Å². The van der Waals surface area contributed by atoms with Crippen molar-refractivity contribution in [3.8, 4) is 62.0 Å². The zero-order valence-electron chi connectivity index (χ0n) is 34.2. The van der Waals surface area contributed by atoms with Gasteiger partial charge in [0.05, 0.1) is 33.8 Å². The van der Waals surface area contributed by atoms with Crippen molar-refractivity contribution < 1.29 is 0 Å². The molecule has 2 unspecified atom stereocenters. The van der Waals surface area contributed by atoms with Crippen LogP contribution in [0.25, 0.3) is 101 Å². The van der Waals surface area contributed by atoms with Gasteiger partial charge >= 0.3 is 0 Å². The second-order valence-electron chi connectivity index (χ2n) is 16.4. The van der Waals surface area contributed by atoms with Gasteiger partial charge in [-0.25, -0.2) is 15.0 Å². The van der Waals surface area contributed by atoms with Crippen LogP contribution in [0.15, 0.2) is 212 Å². The predicted molar refractivity (Wildman–Crippen MR) is 257 cm³/mol. The minimum Gasteiger partial charge on any atom is -0.307 e. The Hall–Kier alpha value is -7.95. The van der Waals surface area contributed by atoms with E-state index in [2.05, 4.69) is 200 Å². The molecule has 62 heavy (non-hydrogen) atoms. The lowest BCUT2D eigenvalue weighted by Gasteiger charge is -2.31. The topological polar surface area (TPSA) is 43.6 Å². The van der Waals surface area contributed by atoms with Gasteiger partial charge in [0.25, 0.3) is 0 Å². The number of pyridine rings is 1. The molecule has 0 aliphatic heterocycles. The molecule has 0 amide bonds. The van der Waals surface area contributed by atoms with Crippen LogP contribution in [0, 0.1) is 5.92 Å². The largest absolute Gasteiger partial charge is 0.307 e. The van der Waals surface area contributed by atoms with Crippen LogP contribution in [0.1, 0.15) is 24.1 Å². The first-order valence-corrected chi connectivity index (χ1v) is 21.4. The van der Waals surface area contributed by atoms with Crippen LogP contribution in [-0.2, 0) is 0 Å². The zero-order chi connectivity index (χ0) is 41.1. The molecular weight excluding hydrogens is 753 g/mol. The summed E-state index contributed by atoms with van der Waals surface area (Å²) in [5, 5.41) is 4.85. The second-order valence-corrected chi connectivity index (χ2v) is 16.4. The van der Waals surface area contributed by atoms with Crippen LogP contribution in [0.5, 0.6) is 0 Å². The number of rotatable bonds is 6. The Kier molecular flexibility index (Phi) is 8.49. The Morgan fingerprint density at radius 2 is 1.11 bits per heavy atom. The van der Waals surface area contributed by atoms with Gasteiger partial charge in [0.15, 0.2) is 5.82 Å². The molecule has 0 saturated carbocycles. The minimum absolute atomic E-state index is 0.265. The fourth-order valence-electron chi connectivity index (χ4n) is 9.87. The van der Waals surface area contributed by atoms with Crippen LogP contribution < -0.4 is 0 Å². The fraction of sp³-hybridized carbons (Fsp3) is 0.0517.